The van der Waals surface area contributed by atoms with Crippen LogP contribution in [0.25, 0.3) is 0 Å². The number of hydrogen-bond donors (Lipinski definition) is 3. The average molecular weight is 155 g/mol. The number of nitrogens with one attached hydrogen (secondary N) is 1. The van der Waals surface area contributed by atoms with E-state index in [0.717, 1.165) is 12.0 Å². The molecule has 0 saturated heterocycles. The van der Waals surface area contributed by atoms with Crippen molar-refractivity contribution in [3.63, 3.8) is 0 Å². The summed E-state index contributed by atoms with van der Waals surface area (Å²) in [4.78, 5) is 0. The SMILES string of the molecule is NCCCC(O)c1cn[nH]c1. The standard InChI is InChI=1S/C7H13N3O/c8-3-1-2-7(11)6-4-9-10-5-6/h4-5,7,11H,1-3,8H2,(H,9,10). The number of aliphatic hydroxyl groups is 1. The van der Waals surface area contributed by atoms with Crippen molar-refractivity contribution in [1.82, 2.24) is 10.2 Å². The van der Waals surface area contributed by atoms with Gasteiger partial charge in [-0.25, -0.2) is 0 Å². The van der Waals surface area contributed by atoms with Gasteiger partial charge in [-0.3, -0.25) is 5.10 Å². The summed E-state index contributed by atoms with van der Waals surface area (Å²) >= 11 is 0. The van der Waals surface area contributed by atoms with Crippen LogP contribution in [0.3, 0.4) is 0 Å². The Bertz CT molecular complexity index is 186. The number of aromatic amines is 1. The van der Waals surface area contributed by atoms with Gasteiger partial charge < -0.3 is 10.8 Å². The quantitative estimate of drug-likeness (QED) is 0.580. The van der Waals surface area contributed by atoms with Crippen molar-refractivity contribution >= 4 is 0 Å². The second kappa shape index (κ2) is 4.10. The highest BCUT2D eigenvalue weighted by atomic mass is 16.3. The average Bonchev–Trinajstić information content (AvgIpc) is 2.52. The minimum atomic E-state index is -0.419. The van der Waals surface area contributed by atoms with E-state index < -0.39 is 6.10 Å². The second-order valence-corrected chi connectivity index (χ2v) is 2.48. The fraction of sp³-hybridized carbons (Fsp3) is 0.571. The second-order valence-electron chi connectivity index (χ2n) is 2.48. The van der Waals surface area contributed by atoms with Gasteiger partial charge in [-0.1, -0.05) is 0 Å². The molecule has 1 aromatic rings. The zero-order chi connectivity index (χ0) is 8.10. The van der Waals surface area contributed by atoms with Gasteiger partial charge in [0.25, 0.3) is 0 Å². The topological polar surface area (TPSA) is 74.9 Å². The van der Waals surface area contributed by atoms with Crippen LogP contribution in [-0.2, 0) is 0 Å². The predicted octanol–water partition coefficient (Wildman–Crippen LogP) is 0.182. The van der Waals surface area contributed by atoms with E-state index >= 15 is 0 Å². The van der Waals surface area contributed by atoms with E-state index in [0.29, 0.717) is 13.0 Å². The van der Waals surface area contributed by atoms with E-state index in [1.54, 1.807) is 12.4 Å². The zero-order valence-corrected chi connectivity index (χ0v) is 6.33. The van der Waals surface area contributed by atoms with Gasteiger partial charge in [-0.05, 0) is 19.4 Å². The van der Waals surface area contributed by atoms with Gasteiger partial charge in [-0.2, -0.15) is 5.10 Å². The van der Waals surface area contributed by atoms with Crippen LogP contribution in [0, 0.1) is 0 Å². The first-order valence-corrected chi connectivity index (χ1v) is 3.71. The lowest BCUT2D eigenvalue weighted by Crippen LogP contribution is -2.02. The molecule has 4 N–H and O–H groups in total. The number of nitrogens with zero attached hydrogens (tertiary/aromatic N) is 1. The maximum atomic E-state index is 9.42. The first kappa shape index (κ1) is 8.23. The summed E-state index contributed by atoms with van der Waals surface area (Å²) in [7, 11) is 0. The van der Waals surface area contributed by atoms with Crippen molar-refractivity contribution < 1.29 is 5.11 Å². The third-order valence-corrected chi connectivity index (χ3v) is 1.59. The fourth-order valence-corrected chi connectivity index (χ4v) is 0.921. The van der Waals surface area contributed by atoms with E-state index in [4.69, 9.17) is 5.73 Å². The van der Waals surface area contributed by atoms with Crippen molar-refractivity contribution in [2.24, 2.45) is 5.73 Å². The molecule has 0 radical (unpaired) electrons. The van der Waals surface area contributed by atoms with Gasteiger partial charge in [0.05, 0.1) is 12.3 Å². The first-order chi connectivity index (χ1) is 5.34. The lowest BCUT2D eigenvalue weighted by atomic mass is 10.1. The number of rotatable bonds is 4. The zero-order valence-electron chi connectivity index (χ0n) is 6.33. The summed E-state index contributed by atoms with van der Waals surface area (Å²) in [6.07, 6.45) is 4.45. The van der Waals surface area contributed by atoms with Gasteiger partial charge in [0.1, 0.15) is 0 Å². The van der Waals surface area contributed by atoms with Gasteiger partial charge in [0.15, 0.2) is 0 Å². The molecule has 0 aromatic carbocycles. The molecule has 4 nitrogen and oxygen atoms in total. The summed E-state index contributed by atoms with van der Waals surface area (Å²) in [5, 5.41) is 15.8. The summed E-state index contributed by atoms with van der Waals surface area (Å²) in [5.74, 6) is 0. The van der Waals surface area contributed by atoms with Crippen LogP contribution >= 0.6 is 0 Å². The Labute approximate surface area is 65.4 Å². The van der Waals surface area contributed by atoms with Crippen LogP contribution in [0.1, 0.15) is 24.5 Å². The molecule has 1 rings (SSSR count). The summed E-state index contributed by atoms with van der Waals surface area (Å²) in [6.45, 7) is 0.620. The van der Waals surface area contributed by atoms with Crippen LogP contribution in [-0.4, -0.2) is 21.8 Å². The third-order valence-electron chi connectivity index (χ3n) is 1.59. The monoisotopic (exact) mass is 155 g/mol. The molecule has 0 spiro atoms. The molecule has 62 valence electrons. The third kappa shape index (κ3) is 2.32. The lowest BCUT2D eigenvalue weighted by Gasteiger charge is -2.05. The van der Waals surface area contributed by atoms with Crippen molar-refractivity contribution in [2.45, 2.75) is 18.9 Å². The Morgan fingerprint density at radius 3 is 3.09 bits per heavy atom. The fourth-order valence-electron chi connectivity index (χ4n) is 0.921. The molecule has 0 fully saturated rings. The lowest BCUT2D eigenvalue weighted by molar-refractivity contribution is 0.165. The first-order valence-electron chi connectivity index (χ1n) is 3.71. The Hall–Kier alpha value is -0.870. The summed E-state index contributed by atoms with van der Waals surface area (Å²) < 4.78 is 0. The van der Waals surface area contributed by atoms with Gasteiger partial charge in [0.2, 0.25) is 0 Å². The highest BCUT2D eigenvalue weighted by Crippen LogP contribution is 2.15. The highest BCUT2D eigenvalue weighted by molar-refractivity contribution is 5.06. The number of aliphatic hydroxyl groups excluding tert-OH is 1. The van der Waals surface area contributed by atoms with Crippen molar-refractivity contribution in [1.29, 1.82) is 0 Å². The highest BCUT2D eigenvalue weighted by Gasteiger charge is 2.06. The normalized spacial score (nSPS) is 13.3. The number of nitrogens with two attached hydrogens (primary N) is 1. The number of H-pyrrole nitrogens is 1. The molecule has 1 aromatic heterocycles. The van der Waals surface area contributed by atoms with Crippen LogP contribution in [0.5, 0.6) is 0 Å². The molecule has 0 aliphatic rings. The Balaban J connectivity index is 2.36. The number of hydrogen-bond acceptors (Lipinski definition) is 3. The molecule has 1 atom stereocenters. The largest absolute Gasteiger partial charge is 0.388 e. The van der Waals surface area contributed by atoms with E-state index in [9.17, 15) is 5.11 Å². The molecule has 0 aliphatic heterocycles. The van der Waals surface area contributed by atoms with Crippen LogP contribution in [0.4, 0.5) is 0 Å². The summed E-state index contributed by atoms with van der Waals surface area (Å²) in [5.41, 5.74) is 6.13. The van der Waals surface area contributed by atoms with E-state index in [1.807, 2.05) is 0 Å². The molecule has 0 saturated carbocycles. The molecular formula is C7H13N3O. The molecule has 0 amide bonds. The maximum Gasteiger partial charge on any atom is 0.0820 e. The summed E-state index contributed by atoms with van der Waals surface area (Å²) in [6, 6.07) is 0. The Morgan fingerprint density at radius 1 is 1.73 bits per heavy atom. The molecule has 11 heavy (non-hydrogen) atoms. The van der Waals surface area contributed by atoms with Gasteiger partial charge in [-0.15, -0.1) is 0 Å². The van der Waals surface area contributed by atoms with Crippen LogP contribution < -0.4 is 5.73 Å². The Kier molecular flexibility index (Phi) is 3.07. The van der Waals surface area contributed by atoms with E-state index in [-0.39, 0.29) is 0 Å². The number of aromatic nitrogens is 2. The molecule has 0 bridgehead atoms. The molecule has 1 heterocycles. The molecule has 1 unspecified atom stereocenters. The minimum absolute atomic E-state index is 0.419. The minimum Gasteiger partial charge on any atom is -0.388 e. The maximum absolute atomic E-state index is 9.42. The van der Waals surface area contributed by atoms with Crippen molar-refractivity contribution in [2.75, 3.05) is 6.54 Å². The molecule has 0 aliphatic carbocycles. The van der Waals surface area contributed by atoms with Gasteiger partial charge >= 0.3 is 0 Å². The van der Waals surface area contributed by atoms with Crippen LogP contribution in [0.15, 0.2) is 12.4 Å². The van der Waals surface area contributed by atoms with E-state index in [1.165, 1.54) is 0 Å². The van der Waals surface area contributed by atoms with Crippen molar-refractivity contribution in [3.8, 4) is 0 Å². The molecule has 4 heteroatoms. The van der Waals surface area contributed by atoms with Crippen LogP contribution in [0.2, 0.25) is 0 Å². The smallest absolute Gasteiger partial charge is 0.0820 e. The van der Waals surface area contributed by atoms with E-state index in [2.05, 4.69) is 10.2 Å². The molecular weight excluding hydrogens is 142 g/mol. The van der Waals surface area contributed by atoms with Crippen molar-refractivity contribution in [3.05, 3.63) is 18.0 Å². The van der Waals surface area contributed by atoms with Gasteiger partial charge in [0, 0.05) is 11.8 Å². The Morgan fingerprint density at radius 2 is 2.55 bits per heavy atom. The predicted molar refractivity (Wildman–Crippen MR) is 41.8 cm³/mol.